The highest BCUT2D eigenvalue weighted by atomic mass is 35.6. The van der Waals surface area contributed by atoms with Crippen LogP contribution in [0.3, 0.4) is 0 Å². The number of hydrogen-bond acceptors (Lipinski definition) is 3. The minimum absolute atomic E-state index is 0.347. The molecule has 0 spiro atoms. The lowest BCUT2D eigenvalue weighted by molar-refractivity contribution is 0.123. The molecule has 0 aromatic rings. The molecule has 0 unspecified atom stereocenters. The van der Waals surface area contributed by atoms with E-state index in [-0.39, 0.29) is 0 Å². The first-order chi connectivity index (χ1) is 5.89. The highest BCUT2D eigenvalue weighted by molar-refractivity contribution is 6.68. The van der Waals surface area contributed by atoms with E-state index in [2.05, 4.69) is 0 Å². The summed E-state index contributed by atoms with van der Waals surface area (Å²) in [6, 6.07) is 0.479. The van der Waals surface area contributed by atoms with Crippen LogP contribution in [0.15, 0.2) is 0 Å². The fourth-order valence-corrected chi connectivity index (χ4v) is 3.40. The topological polar surface area (TPSA) is 27.7 Å². The van der Waals surface area contributed by atoms with E-state index in [9.17, 15) is 0 Å². The van der Waals surface area contributed by atoms with Gasteiger partial charge in [-0.1, -0.05) is 34.8 Å². The van der Waals surface area contributed by atoms with Crippen molar-refractivity contribution in [3.63, 3.8) is 0 Å². The fourth-order valence-electron chi connectivity index (χ4n) is 0.851. The van der Waals surface area contributed by atoms with Crippen molar-refractivity contribution in [2.45, 2.75) is 16.3 Å². The Morgan fingerprint density at radius 1 is 1.00 bits per heavy atom. The molecule has 0 aliphatic rings. The predicted octanol–water partition coefficient (Wildman–Crippen LogP) is 2.62. The standard InChI is InChI=1S/C6H13Cl3O3Si/c1-10-13(11-2,12-3)5-4-6(7,8)9/h4-5H2,1-3H3. The second-order valence-corrected chi connectivity index (χ2v) is 8.02. The molecule has 0 aliphatic carbocycles. The number of alkyl halides is 3. The van der Waals surface area contributed by atoms with Gasteiger partial charge in [-0.15, -0.1) is 0 Å². The second-order valence-electron chi connectivity index (χ2n) is 2.41. The van der Waals surface area contributed by atoms with Gasteiger partial charge in [0.15, 0.2) is 3.79 Å². The van der Waals surface area contributed by atoms with Gasteiger partial charge in [-0.3, -0.25) is 0 Å². The number of rotatable bonds is 5. The molecule has 80 valence electrons. The van der Waals surface area contributed by atoms with Crippen LogP contribution in [0.4, 0.5) is 0 Å². The van der Waals surface area contributed by atoms with Crippen molar-refractivity contribution in [3.8, 4) is 0 Å². The first-order valence-electron chi connectivity index (χ1n) is 3.61. The maximum absolute atomic E-state index is 5.60. The Morgan fingerprint density at radius 3 is 1.62 bits per heavy atom. The van der Waals surface area contributed by atoms with Gasteiger partial charge >= 0.3 is 8.80 Å². The Morgan fingerprint density at radius 2 is 1.38 bits per heavy atom. The lowest BCUT2D eigenvalue weighted by atomic mass is 10.6. The van der Waals surface area contributed by atoms with E-state index in [0.29, 0.717) is 12.5 Å². The van der Waals surface area contributed by atoms with Gasteiger partial charge in [0.05, 0.1) is 0 Å². The molecule has 13 heavy (non-hydrogen) atoms. The summed E-state index contributed by atoms with van der Waals surface area (Å²) >= 11 is 16.8. The molecule has 0 aliphatic heterocycles. The van der Waals surface area contributed by atoms with Gasteiger partial charge in [0.1, 0.15) is 0 Å². The van der Waals surface area contributed by atoms with Gasteiger partial charge in [0.25, 0.3) is 0 Å². The summed E-state index contributed by atoms with van der Waals surface area (Å²) in [4.78, 5) is 0. The molecule has 0 atom stereocenters. The molecule has 0 aromatic heterocycles. The van der Waals surface area contributed by atoms with E-state index in [1.54, 1.807) is 0 Å². The first kappa shape index (κ1) is 14.0. The molecule has 7 heteroatoms. The second kappa shape index (κ2) is 5.75. The lowest BCUT2D eigenvalue weighted by Gasteiger charge is -2.25. The Bertz CT molecular complexity index is 138. The zero-order chi connectivity index (χ0) is 10.5. The molecule has 0 fully saturated rings. The van der Waals surface area contributed by atoms with Crippen LogP contribution >= 0.6 is 34.8 Å². The molecule has 0 rings (SSSR count). The third-order valence-corrected chi connectivity index (χ3v) is 4.94. The predicted molar refractivity (Wildman–Crippen MR) is 56.5 cm³/mol. The normalized spacial score (nSPS) is 13.4. The average Bonchev–Trinajstić information content (AvgIpc) is 2.06. The van der Waals surface area contributed by atoms with Crippen molar-refractivity contribution < 1.29 is 13.3 Å². The molecule has 0 radical (unpaired) electrons. The molecule has 0 aromatic carbocycles. The van der Waals surface area contributed by atoms with E-state index in [4.69, 9.17) is 48.1 Å². The highest BCUT2D eigenvalue weighted by Crippen LogP contribution is 2.34. The minimum Gasteiger partial charge on any atom is -0.377 e. The SMILES string of the molecule is CO[Si](CCC(Cl)(Cl)Cl)(OC)OC. The average molecular weight is 268 g/mol. The molecule has 0 heterocycles. The van der Waals surface area contributed by atoms with Gasteiger partial charge in [-0.05, 0) is 6.42 Å². The molecule has 0 saturated carbocycles. The summed E-state index contributed by atoms with van der Waals surface area (Å²) < 4.78 is 14.2. The van der Waals surface area contributed by atoms with Crippen LogP contribution < -0.4 is 0 Å². The van der Waals surface area contributed by atoms with Crippen molar-refractivity contribution in [1.29, 1.82) is 0 Å². The molecule has 0 bridgehead atoms. The van der Waals surface area contributed by atoms with Crippen molar-refractivity contribution in [1.82, 2.24) is 0 Å². The monoisotopic (exact) mass is 266 g/mol. The third-order valence-electron chi connectivity index (χ3n) is 1.65. The Kier molecular flexibility index (Phi) is 6.18. The van der Waals surface area contributed by atoms with Gasteiger partial charge < -0.3 is 13.3 Å². The molecular formula is C6H13Cl3O3Si. The van der Waals surface area contributed by atoms with E-state index >= 15 is 0 Å². The number of hydrogen-bond donors (Lipinski definition) is 0. The minimum atomic E-state index is -2.58. The van der Waals surface area contributed by atoms with Crippen LogP contribution in [0.2, 0.25) is 6.04 Å². The maximum atomic E-state index is 5.60. The van der Waals surface area contributed by atoms with Crippen LogP contribution in [0.1, 0.15) is 6.42 Å². The van der Waals surface area contributed by atoms with Crippen molar-refractivity contribution >= 4 is 43.6 Å². The quantitative estimate of drug-likeness (QED) is 0.566. The summed E-state index contributed by atoms with van der Waals surface area (Å²) in [5.41, 5.74) is 0. The van der Waals surface area contributed by atoms with E-state index in [1.165, 1.54) is 21.3 Å². The Hall–Kier alpha value is 0.967. The van der Waals surface area contributed by atoms with Gasteiger partial charge in [-0.25, -0.2) is 0 Å². The molecule has 0 N–H and O–H groups in total. The highest BCUT2D eigenvalue weighted by Gasteiger charge is 2.40. The number of halogens is 3. The van der Waals surface area contributed by atoms with Crippen LogP contribution in [0, 0.1) is 0 Å². The van der Waals surface area contributed by atoms with Gasteiger partial charge in [-0.2, -0.15) is 0 Å². The summed E-state index contributed by atoms with van der Waals surface area (Å²) in [7, 11) is 2.00. The zero-order valence-corrected chi connectivity index (χ0v) is 11.0. The smallest absolute Gasteiger partial charge is 0.377 e. The summed E-state index contributed by atoms with van der Waals surface area (Å²) in [6.07, 6.45) is 0.347. The Labute approximate surface area is 94.6 Å². The van der Waals surface area contributed by atoms with Gasteiger partial charge in [0.2, 0.25) is 0 Å². The largest absolute Gasteiger partial charge is 0.500 e. The van der Waals surface area contributed by atoms with Gasteiger partial charge in [0, 0.05) is 27.4 Å². The summed E-state index contributed by atoms with van der Waals surface area (Å²) in [5.74, 6) is 0. The van der Waals surface area contributed by atoms with Crippen LogP contribution in [0.5, 0.6) is 0 Å². The summed E-state index contributed by atoms with van der Waals surface area (Å²) in [6.45, 7) is 0. The van der Waals surface area contributed by atoms with Crippen LogP contribution in [-0.2, 0) is 13.3 Å². The van der Waals surface area contributed by atoms with E-state index < -0.39 is 12.6 Å². The molecular weight excluding hydrogens is 255 g/mol. The lowest BCUT2D eigenvalue weighted by Crippen LogP contribution is -2.43. The molecule has 0 saturated heterocycles. The Balaban J connectivity index is 4.11. The maximum Gasteiger partial charge on any atom is 0.500 e. The van der Waals surface area contributed by atoms with E-state index in [0.717, 1.165) is 0 Å². The molecule has 3 nitrogen and oxygen atoms in total. The third kappa shape index (κ3) is 5.42. The van der Waals surface area contributed by atoms with Crippen molar-refractivity contribution in [2.75, 3.05) is 21.3 Å². The van der Waals surface area contributed by atoms with E-state index in [1.807, 2.05) is 0 Å². The molecule has 0 amide bonds. The fraction of sp³-hybridized carbons (Fsp3) is 1.00. The van der Waals surface area contributed by atoms with Crippen molar-refractivity contribution in [3.05, 3.63) is 0 Å². The zero-order valence-electron chi connectivity index (χ0n) is 7.77. The summed E-state index contributed by atoms with van der Waals surface area (Å²) in [5, 5.41) is 0. The first-order valence-corrected chi connectivity index (χ1v) is 6.68. The van der Waals surface area contributed by atoms with Crippen LogP contribution in [-0.4, -0.2) is 33.9 Å². The van der Waals surface area contributed by atoms with Crippen LogP contribution in [0.25, 0.3) is 0 Å². The van der Waals surface area contributed by atoms with Crippen molar-refractivity contribution in [2.24, 2.45) is 0 Å².